The van der Waals surface area contributed by atoms with Gasteiger partial charge in [0.25, 0.3) is 0 Å². The molecule has 3 rings (SSSR count). The molecule has 0 radical (unpaired) electrons. The van der Waals surface area contributed by atoms with Crippen LogP contribution < -0.4 is 0 Å². The predicted molar refractivity (Wildman–Crippen MR) is 48.7 cm³/mol. The molecule has 0 spiro atoms. The Bertz CT molecular complexity index is 229. The lowest BCUT2D eigenvalue weighted by molar-refractivity contribution is -0.125. The van der Waals surface area contributed by atoms with E-state index >= 15 is 0 Å². The second-order valence-electron chi connectivity index (χ2n) is 4.29. The molecule has 0 aromatic rings. The van der Waals surface area contributed by atoms with Gasteiger partial charge in [0.15, 0.2) is 0 Å². The summed E-state index contributed by atoms with van der Waals surface area (Å²) in [5, 5.41) is 0. The molecule has 1 heteroatoms. The first kappa shape index (κ1) is 8.03. The van der Waals surface area contributed by atoms with Crippen molar-refractivity contribution in [2.24, 2.45) is 23.7 Å². The van der Waals surface area contributed by atoms with Gasteiger partial charge in [0.2, 0.25) is 0 Å². The lowest BCUT2D eigenvalue weighted by Gasteiger charge is -2.42. The molecular formula is C11H16O. The first-order chi connectivity index (χ1) is 5.70. The summed E-state index contributed by atoms with van der Waals surface area (Å²) in [6.45, 7) is 3.97. The highest BCUT2D eigenvalue weighted by molar-refractivity contribution is 5.79. The maximum atomic E-state index is 11.4. The molecule has 66 valence electrons. The molecule has 12 heavy (non-hydrogen) atoms. The van der Waals surface area contributed by atoms with E-state index in [1.807, 2.05) is 0 Å². The van der Waals surface area contributed by atoms with Gasteiger partial charge in [-0.1, -0.05) is 19.1 Å². The standard InChI is InChI=1S/C11H16O/c1-7-9-3-5-10(6-4-9)11(7)8(2)12/h3,5,7,9-11H,4,6H2,1-2H3/t7-,9-,10+,11-/m1/s1. The second kappa shape index (κ2) is 2.72. The molecule has 0 aromatic heterocycles. The van der Waals surface area contributed by atoms with Gasteiger partial charge in [-0.25, -0.2) is 0 Å². The summed E-state index contributed by atoms with van der Waals surface area (Å²) >= 11 is 0. The Labute approximate surface area is 73.8 Å². The van der Waals surface area contributed by atoms with E-state index in [1.165, 1.54) is 12.8 Å². The molecule has 1 saturated carbocycles. The number of Topliss-reactive ketones (excluding diaryl/α,β-unsaturated/α-hetero) is 1. The normalized spacial score (nSPS) is 44.8. The summed E-state index contributed by atoms with van der Waals surface area (Å²) in [6.07, 6.45) is 7.11. The van der Waals surface area contributed by atoms with Crippen molar-refractivity contribution in [2.75, 3.05) is 0 Å². The lowest BCUT2D eigenvalue weighted by Crippen LogP contribution is -2.38. The summed E-state index contributed by atoms with van der Waals surface area (Å²) in [5.74, 6) is 2.55. The molecule has 0 amide bonds. The molecule has 3 aliphatic carbocycles. The van der Waals surface area contributed by atoms with Crippen LogP contribution in [0.4, 0.5) is 0 Å². The van der Waals surface area contributed by atoms with E-state index in [9.17, 15) is 4.79 Å². The highest BCUT2D eigenvalue weighted by Gasteiger charge is 2.40. The van der Waals surface area contributed by atoms with Crippen LogP contribution in [-0.2, 0) is 4.79 Å². The Morgan fingerprint density at radius 3 is 2.17 bits per heavy atom. The molecule has 0 saturated heterocycles. The van der Waals surface area contributed by atoms with Crippen LogP contribution in [0, 0.1) is 23.7 Å². The third-order valence-electron chi connectivity index (χ3n) is 3.61. The van der Waals surface area contributed by atoms with Crippen molar-refractivity contribution in [1.82, 2.24) is 0 Å². The second-order valence-corrected chi connectivity index (χ2v) is 4.29. The number of carbonyl (C=O) groups is 1. The molecule has 1 fully saturated rings. The minimum Gasteiger partial charge on any atom is -0.300 e. The van der Waals surface area contributed by atoms with Crippen molar-refractivity contribution in [3.05, 3.63) is 12.2 Å². The molecule has 4 atom stereocenters. The van der Waals surface area contributed by atoms with Gasteiger partial charge in [0, 0.05) is 5.92 Å². The van der Waals surface area contributed by atoms with Crippen LogP contribution in [0.15, 0.2) is 12.2 Å². The van der Waals surface area contributed by atoms with Crippen LogP contribution in [0.1, 0.15) is 26.7 Å². The Balaban J connectivity index is 2.26. The third-order valence-corrected chi connectivity index (χ3v) is 3.61. The Morgan fingerprint density at radius 1 is 1.25 bits per heavy atom. The lowest BCUT2D eigenvalue weighted by atomic mass is 9.62. The van der Waals surface area contributed by atoms with Gasteiger partial charge in [-0.2, -0.15) is 0 Å². The zero-order chi connectivity index (χ0) is 8.72. The van der Waals surface area contributed by atoms with Crippen LogP contribution in [0.25, 0.3) is 0 Å². The van der Waals surface area contributed by atoms with Crippen molar-refractivity contribution < 1.29 is 4.79 Å². The molecule has 0 heterocycles. The van der Waals surface area contributed by atoms with Crippen LogP contribution in [-0.4, -0.2) is 5.78 Å². The monoisotopic (exact) mass is 164 g/mol. The van der Waals surface area contributed by atoms with Gasteiger partial charge in [-0.3, -0.25) is 4.79 Å². The van der Waals surface area contributed by atoms with E-state index in [0.29, 0.717) is 29.5 Å². The maximum Gasteiger partial charge on any atom is 0.133 e. The van der Waals surface area contributed by atoms with E-state index in [4.69, 9.17) is 0 Å². The summed E-state index contributed by atoms with van der Waals surface area (Å²) in [7, 11) is 0. The number of hydrogen-bond acceptors (Lipinski definition) is 1. The molecule has 0 aromatic carbocycles. The molecule has 0 N–H and O–H groups in total. The zero-order valence-corrected chi connectivity index (χ0v) is 7.79. The fourth-order valence-corrected chi connectivity index (χ4v) is 2.93. The molecule has 3 aliphatic rings. The highest BCUT2D eigenvalue weighted by atomic mass is 16.1. The number of allylic oxidation sites excluding steroid dienone is 2. The van der Waals surface area contributed by atoms with Crippen LogP contribution in [0.2, 0.25) is 0 Å². The Hall–Kier alpha value is -0.590. The first-order valence-electron chi connectivity index (χ1n) is 4.89. The van der Waals surface area contributed by atoms with Crippen LogP contribution in [0.5, 0.6) is 0 Å². The third kappa shape index (κ3) is 1.03. The van der Waals surface area contributed by atoms with Crippen molar-refractivity contribution in [1.29, 1.82) is 0 Å². The quantitative estimate of drug-likeness (QED) is 0.544. The zero-order valence-electron chi connectivity index (χ0n) is 7.79. The maximum absolute atomic E-state index is 11.4. The van der Waals surface area contributed by atoms with E-state index in [-0.39, 0.29) is 0 Å². The average molecular weight is 164 g/mol. The number of hydrogen-bond donors (Lipinski definition) is 0. The molecule has 1 nitrogen and oxygen atoms in total. The summed E-state index contributed by atoms with van der Waals surface area (Å²) in [5.41, 5.74) is 0. The van der Waals surface area contributed by atoms with Gasteiger partial charge < -0.3 is 0 Å². The van der Waals surface area contributed by atoms with E-state index in [2.05, 4.69) is 19.1 Å². The predicted octanol–water partition coefficient (Wildman–Crippen LogP) is 2.42. The van der Waals surface area contributed by atoms with Crippen molar-refractivity contribution in [3.8, 4) is 0 Å². The van der Waals surface area contributed by atoms with E-state index in [0.717, 1.165) is 0 Å². The SMILES string of the molecule is CC(=O)[C@H]1[C@H](C)[C@@H]2C=C[C@H]1CC2. The number of fused-ring (bicyclic) bond motifs is 2. The summed E-state index contributed by atoms with van der Waals surface area (Å²) in [4.78, 5) is 11.4. The van der Waals surface area contributed by atoms with Crippen molar-refractivity contribution in [2.45, 2.75) is 26.7 Å². The summed E-state index contributed by atoms with van der Waals surface area (Å²) in [6, 6.07) is 0. The van der Waals surface area contributed by atoms with E-state index in [1.54, 1.807) is 6.92 Å². The van der Waals surface area contributed by atoms with Gasteiger partial charge in [-0.15, -0.1) is 0 Å². The summed E-state index contributed by atoms with van der Waals surface area (Å²) < 4.78 is 0. The number of ketones is 1. The van der Waals surface area contributed by atoms with Gasteiger partial charge in [-0.05, 0) is 37.5 Å². The molecule has 0 aliphatic heterocycles. The smallest absolute Gasteiger partial charge is 0.133 e. The fourth-order valence-electron chi connectivity index (χ4n) is 2.93. The molecule has 0 unspecified atom stereocenters. The topological polar surface area (TPSA) is 17.1 Å². The number of rotatable bonds is 1. The fraction of sp³-hybridized carbons (Fsp3) is 0.727. The van der Waals surface area contributed by atoms with Gasteiger partial charge >= 0.3 is 0 Å². The van der Waals surface area contributed by atoms with Crippen LogP contribution >= 0.6 is 0 Å². The first-order valence-corrected chi connectivity index (χ1v) is 4.89. The van der Waals surface area contributed by atoms with E-state index < -0.39 is 0 Å². The minimum atomic E-state index is 0.328. The molecule has 2 bridgehead atoms. The van der Waals surface area contributed by atoms with Crippen LogP contribution in [0.3, 0.4) is 0 Å². The number of carbonyl (C=O) groups excluding carboxylic acids is 1. The Morgan fingerprint density at radius 2 is 1.83 bits per heavy atom. The van der Waals surface area contributed by atoms with Gasteiger partial charge in [0.1, 0.15) is 5.78 Å². The van der Waals surface area contributed by atoms with Crippen molar-refractivity contribution in [3.63, 3.8) is 0 Å². The largest absolute Gasteiger partial charge is 0.300 e. The average Bonchev–Trinajstić information content (AvgIpc) is 2.05. The van der Waals surface area contributed by atoms with Crippen molar-refractivity contribution >= 4 is 5.78 Å². The molecular weight excluding hydrogens is 148 g/mol. The van der Waals surface area contributed by atoms with Gasteiger partial charge in [0.05, 0.1) is 0 Å². The minimum absolute atomic E-state index is 0.328. The Kier molecular flexibility index (Phi) is 1.82. The highest BCUT2D eigenvalue weighted by Crippen LogP contribution is 2.44.